The average Bonchev–Trinajstić information content (AvgIpc) is 3.25. The highest BCUT2D eigenvalue weighted by Gasteiger charge is 2.36. The van der Waals surface area contributed by atoms with Gasteiger partial charge < -0.3 is 20.3 Å². The second kappa shape index (κ2) is 11.5. The molecule has 0 radical (unpaired) electrons. The van der Waals surface area contributed by atoms with Crippen LogP contribution in [-0.4, -0.2) is 62.8 Å². The molecule has 0 aromatic rings. The number of likely N-dealkylation sites (tertiary alicyclic amines) is 1. The van der Waals surface area contributed by atoms with E-state index in [1.165, 1.54) is 32.1 Å². The average molecular weight is 438 g/mol. The topological polar surface area (TPSA) is 48.9 Å². The van der Waals surface area contributed by atoms with Crippen LogP contribution in [0.3, 0.4) is 0 Å². The molecule has 2 N–H and O–H groups in total. The Morgan fingerprint density at radius 2 is 1.96 bits per heavy atom. The van der Waals surface area contributed by atoms with Gasteiger partial charge in [0.1, 0.15) is 0 Å². The van der Waals surface area contributed by atoms with E-state index in [0.717, 1.165) is 44.7 Å². The summed E-state index contributed by atoms with van der Waals surface area (Å²) in [6, 6.07) is 1.21. The number of guanidine groups is 1. The Morgan fingerprint density at radius 3 is 2.57 bits per heavy atom. The molecule has 1 aliphatic heterocycles. The Hall–Kier alpha value is -0.0800. The molecule has 6 heteroatoms. The zero-order valence-electron chi connectivity index (χ0n) is 15.0. The molecule has 0 amide bonds. The molecule has 2 fully saturated rings. The Balaban J connectivity index is 0.00000264. The standard InChI is InChI=1S/C17H34N4O.HI/c1-4-6-14-13-16(14)20-17(18-5-2)19-15-7-9-21(10-8-15)11-12-22-3;/h14-16H,4-13H2,1-3H3,(H2,18,19,20);1H. The molecule has 0 bridgehead atoms. The molecule has 23 heavy (non-hydrogen) atoms. The number of nitrogens with zero attached hydrogens (tertiary/aromatic N) is 2. The SMILES string of the molecule is CCCC1CC1NC(=NCC)NC1CCN(CCOC)CC1.I. The highest BCUT2D eigenvalue weighted by atomic mass is 127. The maximum atomic E-state index is 5.16. The Bertz CT molecular complexity index is 345. The molecule has 1 saturated carbocycles. The molecular formula is C17H35IN4O. The van der Waals surface area contributed by atoms with Gasteiger partial charge in [0.15, 0.2) is 5.96 Å². The van der Waals surface area contributed by atoms with Crippen molar-refractivity contribution in [3.8, 4) is 0 Å². The van der Waals surface area contributed by atoms with Crippen LogP contribution >= 0.6 is 24.0 Å². The summed E-state index contributed by atoms with van der Waals surface area (Å²) in [7, 11) is 1.77. The van der Waals surface area contributed by atoms with Crippen molar-refractivity contribution in [2.75, 3.05) is 39.9 Å². The molecule has 0 spiro atoms. The van der Waals surface area contributed by atoms with Crippen LogP contribution in [0.5, 0.6) is 0 Å². The van der Waals surface area contributed by atoms with Crippen LogP contribution in [0.1, 0.15) is 46.0 Å². The third-order valence-electron chi connectivity index (χ3n) is 4.76. The lowest BCUT2D eigenvalue weighted by molar-refractivity contribution is 0.128. The van der Waals surface area contributed by atoms with E-state index in [0.29, 0.717) is 12.1 Å². The molecule has 5 nitrogen and oxygen atoms in total. The minimum absolute atomic E-state index is 0. The molecule has 0 aromatic carbocycles. The minimum Gasteiger partial charge on any atom is -0.383 e. The maximum absolute atomic E-state index is 5.16. The molecular weight excluding hydrogens is 403 g/mol. The fourth-order valence-electron chi connectivity index (χ4n) is 3.30. The lowest BCUT2D eigenvalue weighted by atomic mass is 10.1. The van der Waals surface area contributed by atoms with Crippen LogP contribution in [0.4, 0.5) is 0 Å². The molecule has 0 aromatic heterocycles. The van der Waals surface area contributed by atoms with Gasteiger partial charge in [0.05, 0.1) is 6.61 Å². The van der Waals surface area contributed by atoms with Crippen LogP contribution in [0.15, 0.2) is 4.99 Å². The first-order valence-electron chi connectivity index (χ1n) is 9.05. The second-order valence-electron chi connectivity index (χ2n) is 6.61. The number of piperidine rings is 1. The molecule has 2 aliphatic rings. The van der Waals surface area contributed by atoms with Gasteiger partial charge in [-0.05, 0) is 38.5 Å². The van der Waals surface area contributed by atoms with Crippen molar-refractivity contribution in [3.05, 3.63) is 0 Å². The van der Waals surface area contributed by atoms with Crippen molar-refractivity contribution in [3.63, 3.8) is 0 Å². The zero-order valence-corrected chi connectivity index (χ0v) is 17.3. The number of hydrogen-bond donors (Lipinski definition) is 2. The summed E-state index contributed by atoms with van der Waals surface area (Å²) in [6.07, 6.45) is 6.33. The molecule has 2 unspecified atom stereocenters. The molecule has 136 valence electrons. The van der Waals surface area contributed by atoms with Crippen LogP contribution in [0.25, 0.3) is 0 Å². The van der Waals surface area contributed by atoms with Crippen molar-refractivity contribution in [2.24, 2.45) is 10.9 Å². The third kappa shape index (κ3) is 7.56. The maximum Gasteiger partial charge on any atom is 0.191 e. The van der Waals surface area contributed by atoms with Crippen LogP contribution < -0.4 is 10.6 Å². The van der Waals surface area contributed by atoms with Crippen molar-refractivity contribution in [1.82, 2.24) is 15.5 Å². The van der Waals surface area contributed by atoms with Gasteiger partial charge in [-0.3, -0.25) is 4.99 Å². The molecule has 1 aliphatic carbocycles. The number of hydrogen-bond acceptors (Lipinski definition) is 3. The van der Waals surface area contributed by atoms with Crippen molar-refractivity contribution in [2.45, 2.75) is 58.0 Å². The van der Waals surface area contributed by atoms with Gasteiger partial charge in [-0.25, -0.2) is 0 Å². The lowest BCUT2D eigenvalue weighted by Crippen LogP contribution is -2.49. The normalized spacial score (nSPS) is 25.8. The van der Waals surface area contributed by atoms with E-state index in [2.05, 4.69) is 34.4 Å². The van der Waals surface area contributed by atoms with Gasteiger partial charge in [0.25, 0.3) is 0 Å². The predicted molar refractivity (Wildman–Crippen MR) is 108 cm³/mol. The summed E-state index contributed by atoms with van der Waals surface area (Å²) >= 11 is 0. The fraction of sp³-hybridized carbons (Fsp3) is 0.941. The van der Waals surface area contributed by atoms with Crippen molar-refractivity contribution >= 4 is 29.9 Å². The third-order valence-corrected chi connectivity index (χ3v) is 4.76. The van der Waals surface area contributed by atoms with Gasteiger partial charge in [0, 0.05) is 45.4 Å². The number of ether oxygens (including phenoxy) is 1. The van der Waals surface area contributed by atoms with Crippen molar-refractivity contribution < 1.29 is 4.74 Å². The predicted octanol–water partition coefficient (Wildman–Crippen LogP) is 2.46. The summed E-state index contributed by atoms with van der Waals surface area (Å²) in [5.41, 5.74) is 0. The summed E-state index contributed by atoms with van der Waals surface area (Å²) in [6.45, 7) is 9.41. The summed E-state index contributed by atoms with van der Waals surface area (Å²) in [4.78, 5) is 7.11. The highest BCUT2D eigenvalue weighted by Crippen LogP contribution is 2.34. The molecule has 2 atom stereocenters. The number of rotatable bonds is 8. The van der Waals surface area contributed by atoms with E-state index in [1.807, 2.05) is 0 Å². The fourth-order valence-corrected chi connectivity index (χ4v) is 3.30. The quantitative estimate of drug-likeness (QED) is 0.347. The van der Waals surface area contributed by atoms with Crippen LogP contribution in [0.2, 0.25) is 0 Å². The number of nitrogens with one attached hydrogen (secondary N) is 2. The first-order chi connectivity index (χ1) is 10.8. The van der Waals surface area contributed by atoms with Gasteiger partial charge in [-0.15, -0.1) is 24.0 Å². The van der Waals surface area contributed by atoms with E-state index in [1.54, 1.807) is 7.11 Å². The van der Waals surface area contributed by atoms with Gasteiger partial charge in [-0.2, -0.15) is 0 Å². The highest BCUT2D eigenvalue weighted by molar-refractivity contribution is 14.0. The van der Waals surface area contributed by atoms with Crippen molar-refractivity contribution in [1.29, 1.82) is 0 Å². The molecule has 1 heterocycles. The van der Waals surface area contributed by atoms with Gasteiger partial charge in [-0.1, -0.05) is 13.3 Å². The van der Waals surface area contributed by atoms with E-state index in [4.69, 9.17) is 4.74 Å². The Labute approximate surface area is 159 Å². The van der Waals surface area contributed by atoms with Gasteiger partial charge >= 0.3 is 0 Å². The summed E-state index contributed by atoms with van der Waals surface area (Å²) in [5.74, 6) is 1.89. The largest absolute Gasteiger partial charge is 0.383 e. The minimum atomic E-state index is 0. The van der Waals surface area contributed by atoms with E-state index < -0.39 is 0 Å². The lowest BCUT2D eigenvalue weighted by Gasteiger charge is -2.33. The summed E-state index contributed by atoms with van der Waals surface area (Å²) in [5, 5.41) is 7.27. The Morgan fingerprint density at radius 1 is 1.22 bits per heavy atom. The number of aliphatic imine (C=N–C) groups is 1. The van der Waals surface area contributed by atoms with E-state index in [9.17, 15) is 0 Å². The van der Waals surface area contributed by atoms with Crippen LogP contribution in [0, 0.1) is 5.92 Å². The smallest absolute Gasteiger partial charge is 0.191 e. The van der Waals surface area contributed by atoms with Gasteiger partial charge in [0.2, 0.25) is 0 Å². The number of halogens is 1. The zero-order chi connectivity index (χ0) is 15.8. The van der Waals surface area contributed by atoms with E-state index >= 15 is 0 Å². The summed E-state index contributed by atoms with van der Waals surface area (Å²) < 4.78 is 5.16. The molecule has 1 saturated heterocycles. The van der Waals surface area contributed by atoms with Crippen LogP contribution in [-0.2, 0) is 4.74 Å². The second-order valence-corrected chi connectivity index (χ2v) is 6.61. The first kappa shape index (κ1) is 21.0. The number of methoxy groups -OCH3 is 1. The monoisotopic (exact) mass is 438 g/mol. The van der Waals surface area contributed by atoms with E-state index in [-0.39, 0.29) is 24.0 Å². The molecule has 2 rings (SSSR count). The first-order valence-corrected chi connectivity index (χ1v) is 9.05. The Kier molecular flexibility index (Phi) is 10.5.